The van der Waals surface area contributed by atoms with Gasteiger partial charge < -0.3 is 15.2 Å². The van der Waals surface area contributed by atoms with Gasteiger partial charge in [-0.15, -0.1) is 10.2 Å². The summed E-state index contributed by atoms with van der Waals surface area (Å²) < 4.78 is 10.4. The number of H-pyrrole nitrogens is 1. The first-order valence-electron chi connectivity index (χ1n) is 6.45. The molecule has 1 heterocycles. The minimum absolute atomic E-state index is 0.483. The highest BCUT2D eigenvalue weighted by atomic mass is 16.5. The maximum atomic E-state index is 5.94. The van der Waals surface area contributed by atoms with Crippen LogP contribution in [0.15, 0.2) is 40.6 Å². The highest BCUT2D eigenvalue weighted by Crippen LogP contribution is 2.33. The molecule has 3 aromatic rings. The van der Waals surface area contributed by atoms with Gasteiger partial charge in [0.2, 0.25) is 0 Å². The average molecular weight is 298 g/mol. The zero-order valence-electron chi connectivity index (χ0n) is 12.1. The van der Waals surface area contributed by atoms with E-state index in [1.54, 1.807) is 44.6 Å². The smallest absolute Gasteiger partial charge is 0.136 e. The van der Waals surface area contributed by atoms with Gasteiger partial charge in [0.25, 0.3) is 0 Å². The number of ether oxygens (including phenoxy) is 2. The van der Waals surface area contributed by atoms with Crippen molar-refractivity contribution in [3.8, 4) is 11.5 Å². The minimum Gasteiger partial charge on any atom is -0.497 e. The molecule has 22 heavy (non-hydrogen) atoms. The number of rotatable bonds is 4. The molecule has 0 fully saturated rings. The van der Waals surface area contributed by atoms with Crippen molar-refractivity contribution < 1.29 is 9.47 Å². The molecule has 1 aromatic heterocycles. The van der Waals surface area contributed by atoms with E-state index in [1.165, 1.54) is 0 Å². The van der Waals surface area contributed by atoms with Crippen molar-refractivity contribution in [2.45, 2.75) is 0 Å². The Kier molecular flexibility index (Phi) is 3.57. The molecule has 0 unspecified atom stereocenters. The van der Waals surface area contributed by atoms with Crippen molar-refractivity contribution in [1.82, 2.24) is 15.4 Å². The number of nitrogens with two attached hydrogens (primary N) is 1. The number of aromatic nitrogens is 3. The zero-order valence-corrected chi connectivity index (χ0v) is 12.1. The summed E-state index contributed by atoms with van der Waals surface area (Å²) in [5, 5.41) is 18.8. The van der Waals surface area contributed by atoms with Gasteiger partial charge in [-0.3, -0.25) is 5.10 Å². The summed E-state index contributed by atoms with van der Waals surface area (Å²) in [4.78, 5) is 0. The van der Waals surface area contributed by atoms with E-state index in [-0.39, 0.29) is 0 Å². The van der Waals surface area contributed by atoms with Crippen LogP contribution in [0.25, 0.3) is 11.0 Å². The summed E-state index contributed by atoms with van der Waals surface area (Å²) in [5.41, 5.74) is 8.81. The van der Waals surface area contributed by atoms with Crippen molar-refractivity contribution >= 4 is 28.1 Å². The van der Waals surface area contributed by atoms with E-state index in [4.69, 9.17) is 15.2 Å². The van der Waals surface area contributed by atoms with Crippen molar-refractivity contribution in [2.75, 3.05) is 20.0 Å². The van der Waals surface area contributed by atoms with Crippen LogP contribution in [-0.4, -0.2) is 29.6 Å². The van der Waals surface area contributed by atoms with Gasteiger partial charge in [0.15, 0.2) is 0 Å². The third-order valence-corrected chi connectivity index (χ3v) is 3.11. The first-order valence-corrected chi connectivity index (χ1v) is 6.45. The van der Waals surface area contributed by atoms with E-state index >= 15 is 0 Å². The fourth-order valence-corrected chi connectivity index (χ4v) is 1.98. The highest BCUT2D eigenvalue weighted by molar-refractivity contribution is 5.92. The maximum Gasteiger partial charge on any atom is 0.136 e. The lowest BCUT2D eigenvalue weighted by Gasteiger charge is -2.05. The number of aromatic amines is 1. The lowest BCUT2D eigenvalue weighted by molar-refractivity contribution is 0.394. The summed E-state index contributed by atoms with van der Waals surface area (Å²) in [6.07, 6.45) is 0. The zero-order chi connectivity index (χ0) is 15.5. The van der Waals surface area contributed by atoms with E-state index < -0.39 is 0 Å². The lowest BCUT2D eigenvalue weighted by atomic mass is 10.2. The summed E-state index contributed by atoms with van der Waals surface area (Å²) in [6, 6.07) is 8.72. The van der Waals surface area contributed by atoms with Gasteiger partial charge in [0, 0.05) is 18.2 Å². The maximum absolute atomic E-state index is 5.94. The molecule has 8 nitrogen and oxygen atoms in total. The second-order valence-electron chi connectivity index (χ2n) is 4.48. The van der Waals surface area contributed by atoms with E-state index in [1.807, 2.05) is 0 Å². The average Bonchev–Trinajstić information content (AvgIpc) is 3.02. The number of fused-ring (bicyclic) bond motifs is 1. The SMILES string of the molecule is COc1cc(/N=N/c2c(N)ccc3nn[nH]c23)cc(OC)c1. The Balaban J connectivity index is 2.02. The third-order valence-electron chi connectivity index (χ3n) is 3.11. The molecule has 0 spiro atoms. The lowest BCUT2D eigenvalue weighted by Crippen LogP contribution is -1.87. The normalized spacial score (nSPS) is 11.2. The molecule has 0 aliphatic rings. The quantitative estimate of drug-likeness (QED) is 0.568. The summed E-state index contributed by atoms with van der Waals surface area (Å²) in [7, 11) is 3.15. The molecule has 0 amide bonds. The molecule has 8 heteroatoms. The molecule has 0 atom stereocenters. The number of benzene rings is 2. The van der Waals surface area contributed by atoms with Crippen LogP contribution in [0.3, 0.4) is 0 Å². The number of nitrogens with one attached hydrogen (secondary N) is 1. The molecule has 3 N–H and O–H groups in total. The van der Waals surface area contributed by atoms with E-state index in [0.29, 0.717) is 39.6 Å². The van der Waals surface area contributed by atoms with Gasteiger partial charge in [-0.05, 0) is 12.1 Å². The number of azo groups is 1. The number of hydrogen-bond donors (Lipinski definition) is 2. The van der Waals surface area contributed by atoms with Crippen molar-refractivity contribution in [2.24, 2.45) is 10.2 Å². The fraction of sp³-hybridized carbons (Fsp3) is 0.143. The van der Waals surface area contributed by atoms with Crippen LogP contribution < -0.4 is 15.2 Å². The van der Waals surface area contributed by atoms with Gasteiger partial charge in [-0.1, -0.05) is 5.21 Å². The molecule has 2 aromatic carbocycles. The Bertz CT molecular complexity index is 820. The summed E-state index contributed by atoms with van der Waals surface area (Å²) in [6.45, 7) is 0. The van der Waals surface area contributed by atoms with Gasteiger partial charge >= 0.3 is 0 Å². The molecule has 0 saturated carbocycles. The van der Waals surface area contributed by atoms with Crippen molar-refractivity contribution in [3.63, 3.8) is 0 Å². The molecular weight excluding hydrogens is 284 g/mol. The van der Waals surface area contributed by atoms with Crippen LogP contribution in [0.2, 0.25) is 0 Å². The predicted octanol–water partition coefficient (Wildman–Crippen LogP) is 2.97. The van der Waals surface area contributed by atoms with Gasteiger partial charge in [0.1, 0.15) is 28.2 Å². The standard InChI is InChI=1S/C14H14N6O2/c1-21-9-5-8(6-10(7-9)22-2)16-18-13-11(15)3-4-12-14(13)19-20-17-12/h3-7H,15H2,1-2H3,(H,17,19,20)/b18-16+. The molecular formula is C14H14N6O2. The van der Waals surface area contributed by atoms with Gasteiger partial charge in [-0.2, -0.15) is 5.11 Å². The van der Waals surface area contributed by atoms with E-state index in [0.717, 1.165) is 0 Å². The number of methoxy groups -OCH3 is 2. The van der Waals surface area contributed by atoms with Crippen molar-refractivity contribution in [1.29, 1.82) is 0 Å². The largest absolute Gasteiger partial charge is 0.497 e. The fourth-order valence-electron chi connectivity index (χ4n) is 1.98. The topological polar surface area (TPSA) is 111 Å². The van der Waals surface area contributed by atoms with Crippen LogP contribution >= 0.6 is 0 Å². The number of anilines is 1. The highest BCUT2D eigenvalue weighted by Gasteiger charge is 2.08. The van der Waals surface area contributed by atoms with Crippen LogP contribution in [-0.2, 0) is 0 Å². The van der Waals surface area contributed by atoms with E-state index in [2.05, 4.69) is 25.6 Å². The Labute approximate surface area is 125 Å². The molecule has 112 valence electrons. The Morgan fingerprint density at radius 3 is 2.45 bits per heavy atom. The van der Waals surface area contributed by atoms with Gasteiger partial charge in [0.05, 0.1) is 25.6 Å². The Morgan fingerprint density at radius 2 is 1.77 bits per heavy atom. The Morgan fingerprint density at radius 1 is 1.05 bits per heavy atom. The molecule has 0 radical (unpaired) electrons. The number of hydrogen-bond acceptors (Lipinski definition) is 7. The van der Waals surface area contributed by atoms with Crippen LogP contribution in [0.4, 0.5) is 17.1 Å². The molecule has 0 saturated heterocycles. The summed E-state index contributed by atoms with van der Waals surface area (Å²) in [5.74, 6) is 1.25. The van der Waals surface area contributed by atoms with E-state index in [9.17, 15) is 0 Å². The predicted molar refractivity (Wildman–Crippen MR) is 82.0 cm³/mol. The van der Waals surface area contributed by atoms with Gasteiger partial charge in [-0.25, -0.2) is 0 Å². The first kappa shape index (κ1) is 13.8. The second-order valence-corrected chi connectivity index (χ2v) is 4.48. The van der Waals surface area contributed by atoms with Crippen LogP contribution in [0.5, 0.6) is 11.5 Å². The van der Waals surface area contributed by atoms with Crippen LogP contribution in [0, 0.1) is 0 Å². The number of nitrogen functional groups attached to an aromatic ring is 1. The van der Waals surface area contributed by atoms with Crippen molar-refractivity contribution in [3.05, 3.63) is 30.3 Å². The first-order chi connectivity index (χ1) is 10.7. The Hall–Kier alpha value is -3.16. The molecule has 0 aliphatic carbocycles. The van der Waals surface area contributed by atoms with Crippen LogP contribution in [0.1, 0.15) is 0 Å². The number of nitrogens with zero attached hydrogens (tertiary/aromatic N) is 4. The molecule has 3 rings (SSSR count). The third kappa shape index (κ3) is 2.53. The monoisotopic (exact) mass is 298 g/mol. The summed E-state index contributed by atoms with van der Waals surface area (Å²) >= 11 is 0. The second kappa shape index (κ2) is 5.68. The molecule has 0 aliphatic heterocycles. The minimum atomic E-state index is 0.483. The molecule has 0 bridgehead atoms.